The molecule has 4 aliphatic rings. The molecule has 0 aromatic carbocycles. The topological polar surface area (TPSA) is 221 Å². The number of rotatable bonds is 15. The maximum Gasteiger partial charge on any atom is 0.340 e. The van der Waals surface area contributed by atoms with Gasteiger partial charge in [-0.25, -0.2) is 24.1 Å². The van der Waals surface area contributed by atoms with Crippen LogP contribution >= 0.6 is 0 Å². The van der Waals surface area contributed by atoms with E-state index in [9.17, 15) is 38.4 Å². The number of nitrogens with zero attached hydrogens (tertiary/aromatic N) is 1. The third-order valence-electron chi connectivity index (χ3n) is 8.61. The molecule has 0 saturated heterocycles. The molecule has 4 rings (SSSR count). The fraction of sp³-hybridized carbons (Fsp3) is 0.364. The summed E-state index contributed by atoms with van der Waals surface area (Å²) in [5.74, 6) is -5.00. The molecule has 16 nitrogen and oxygen atoms in total. The SMILES string of the molecule is CCOC(=O)Cc1ccc2c(C(=O)OCC)c(N(C(C)=O)C(C)=O)c(C(=O)OCC)c-2cc1.CCOC(=O)Cc1ccc2c(C(=O)OCC)c(N)c(C(=O)OCC)c-2cc1. The third kappa shape index (κ3) is 11.2. The highest BCUT2D eigenvalue weighted by Crippen LogP contribution is 2.44. The third-order valence-corrected chi connectivity index (χ3v) is 8.61. The molecule has 2 N–H and O–H groups in total. The number of carbonyl (C=O) groups is 8. The average molecular weight is 831 g/mol. The Kier molecular flexibility index (Phi) is 17.7. The second-order valence-electron chi connectivity index (χ2n) is 12.6. The molecule has 0 aliphatic heterocycles. The Hall–Kier alpha value is -6.84. The minimum absolute atomic E-state index is 0.0194. The highest BCUT2D eigenvalue weighted by molar-refractivity contribution is 6.25. The molecule has 0 saturated carbocycles. The summed E-state index contributed by atoms with van der Waals surface area (Å²) >= 11 is 0. The van der Waals surface area contributed by atoms with Crippen molar-refractivity contribution in [3.8, 4) is 22.3 Å². The lowest BCUT2D eigenvalue weighted by atomic mass is 10.1. The van der Waals surface area contributed by atoms with E-state index in [2.05, 4.69) is 0 Å². The first kappa shape index (κ1) is 47.5. The number of nitrogens with two attached hydrogens (primary N) is 1. The van der Waals surface area contributed by atoms with Crippen LogP contribution in [0.15, 0.2) is 48.5 Å². The molecule has 0 bridgehead atoms. The maximum atomic E-state index is 13.0. The van der Waals surface area contributed by atoms with E-state index in [4.69, 9.17) is 34.2 Å². The number of hydrogen-bond donors (Lipinski definition) is 1. The summed E-state index contributed by atoms with van der Waals surface area (Å²) in [6, 6.07) is 13.0. The largest absolute Gasteiger partial charge is 0.466 e. The van der Waals surface area contributed by atoms with Gasteiger partial charge in [0.15, 0.2) is 0 Å². The number of esters is 6. The molecule has 0 heterocycles. The van der Waals surface area contributed by atoms with Gasteiger partial charge in [0.25, 0.3) is 0 Å². The molecular formula is C44H50N2O14. The van der Waals surface area contributed by atoms with Crippen LogP contribution in [0.2, 0.25) is 0 Å². The number of fused-ring (bicyclic) bond motifs is 2. The number of anilines is 2. The standard InChI is InChI=1S/C24H27NO8.C20H23NO6/c1-6-31-19(28)13-16-9-11-17-18(12-10-16)21(24(30)33-8-3)22(20(17)23(29)32-7-2)25(14(4)26)15(5)27;1-4-25-15(22)11-12-7-9-13-14(10-8-12)17(20(24)27-6-3)18(21)16(13)19(23)26-5-2/h9-12H,6-8,13H2,1-5H3;7-10H,4-6,11,21H2,1-3H3. The molecule has 16 heteroatoms. The van der Waals surface area contributed by atoms with E-state index in [-0.39, 0.29) is 96.6 Å². The summed E-state index contributed by atoms with van der Waals surface area (Å²) in [5.41, 5.74) is 8.68. The molecule has 60 heavy (non-hydrogen) atoms. The van der Waals surface area contributed by atoms with Crippen molar-refractivity contribution in [2.24, 2.45) is 0 Å². The molecule has 0 atom stereocenters. The number of hydrogen-bond acceptors (Lipinski definition) is 15. The van der Waals surface area contributed by atoms with Crippen LogP contribution in [0.25, 0.3) is 22.3 Å². The van der Waals surface area contributed by atoms with Gasteiger partial charge in [-0.05, 0) is 74.9 Å². The number of nitrogen functional groups attached to an aromatic ring is 1. The van der Waals surface area contributed by atoms with E-state index in [1.54, 1.807) is 90.1 Å². The van der Waals surface area contributed by atoms with Crippen molar-refractivity contribution in [3.05, 3.63) is 81.9 Å². The predicted octanol–water partition coefficient (Wildman–Crippen LogP) is 5.98. The Labute approximate surface area is 347 Å². The Morgan fingerprint density at radius 2 is 0.700 bits per heavy atom. The first-order chi connectivity index (χ1) is 28.6. The summed E-state index contributed by atoms with van der Waals surface area (Å²) in [6.45, 7) is 13.3. The van der Waals surface area contributed by atoms with E-state index >= 15 is 0 Å². The molecule has 0 radical (unpaired) electrons. The maximum absolute atomic E-state index is 13.0. The summed E-state index contributed by atoms with van der Waals surface area (Å²) < 4.78 is 30.5. The molecule has 0 aromatic heterocycles. The zero-order valence-corrected chi connectivity index (χ0v) is 35.0. The van der Waals surface area contributed by atoms with Gasteiger partial charge in [0.2, 0.25) is 11.8 Å². The first-order valence-electron chi connectivity index (χ1n) is 19.3. The van der Waals surface area contributed by atoms with Crippen LogP contribution in [0.5, 0.6) is 0 Å². The van der Waals surface area contributed by atoms with Crippen molar-refractivity contribution < 1.29 is 66.8 Å². The normalized spacial score (nSPS) is 10.5. The molecule has 0 fully saturated rings. The van der Waals surface area contributed by atoms with E-state index in [0.29, 0.717) is 28.9 Å². The van der Waals surface area contributed by atoms with E-state index in [1.807, 2.05) is 0 Å². The van der Waals surface area contributed by atoms with Gasteiger partial charge in [0.05, 0.1) is 86.1 Å². The van der Waals surface area contributed by atoms with Gasteiger partial charge in [0.1, 0.15) is 0 Å². The van der Waals surface area contributed by atoms with Crippen molar-refractivity contribution in [3.63, 3.8) is 0 Å². The van der Waals surface area contributed by atoms with Crippen molar-refractivity contribution >= 4 is 59.0 Å². The zero-order chi connectivity index (χ0) is 44.7. The minimum Gasteiger partial charge on any atom is -0.466 e. The summed E-state index contributed by atoms with van der Waals surface area (Å²) in [7, 11) is 0. The lowest BCUT2D eigenvalue weighted by Crippen LogP contribution is -2.35. The molecule has 2 amide bonds. The van der Waals surface area contributed by atoms with Crippen LogP contribution in [-0.4, -0.2) is 87.3 Å². The average Bonchev–Trinajstić information content (AvgIpc) is 3.44. The smallest absolute Gasteiger partial charge is 0.340 e. The van der Waals surface area contributed by atoms with Crippen LogP contribution in [0.3, 0.4) is 0 Å². The highest BCUT2D eigenvalue weighted by Gasteiger charge is 2.38. The number of amides is 2. The minimum atomic E-state index is -0.807. The van der Waals surface area contributed by atoms with Gasteiger partial charge in [-0.1, -0.05) is 48.5 Å². The Balaban J connectivity index is 0.000000327. The lowest BCUT2D eigenvalue weighted by molar-refractivity contribution is -0.143. The van der Waals surface area contributed by atoms with Gasteiger partial charge < -0.3 is 34.2 Å². The quantitative estimate of drug-likeness (QED) is 0.108. The fourth-order valence-corrected chi connectivity index (χ4v) is 6.32. The molecule has 0 spiro atoms. The first-order valence-corrected chi connectivity index (χ1v) is 19.3. The molecule has 0 aromatic rings. The van der Waals surface area contributed by atoms with Crippen LogP contribution in [0, 0.1) is 0 Å². The van der Waals surface area contributed by atoms with E-state index < -0.39 is 41.7 Å². The number of ether oxygens (including phenoxy) is 6. The summed E-state index contributed by atoms with van der Waals surface area (Å²) in [6.07, 6.45) is 0.0541. The Morgan fingerprint density at radius 3 is 0.967 bits per heavy atom. The molecule has 0 unspecified atom stereocenters. The van der Waals surface area contributed by atoms with Gasteiger partial charge >= 0.3 is 35.8 Å². The number of carbonyl (C=O) groups excluding carboxylic acids is 8. The highest BCUT2D eigenvalue weighted by atomic mass is 16.5. The Bertz CT molecular complexity index is 2070. The zero-order valence-electron chi connectivity index (χ0n) is 35.0. The fourth-order valence-electron chi connectivity index (χ4n) is 6.32. The van der Waals surface area contributed by atoms with Gasteiger partial charge in [-0.3, -0.25) is 19.2 Å². The predicted molar refractivity (Wildman–Crippen MR) is 219 cm³/mol. The van der Waals surface area contributed by atoms with Gasteiger partial charge in [-0.15, -0.1) is 0 Å². The molecular weight excluding hydrogens is 780 g/mol. The monoisotopic (exact) mass is 830 g/mol. The summed E-state index contributed by atoms with van der Waals surface area (Å²) in [5, 5.41) is 0. The van der Waals surface area contributed by atoms with Crippen molar-refractivity contribution in [2.45, 2.75) is 68.2 Å². The lowest BCUT2D eigenvalue weighted by Gasteiger charge is -2.19. The summed E-state index contributed by atoms with van der Waals surface area (Å²) in [4.78, 5) is 99.9. The van der Waals surface area contributed by atoms with E-state index in [0.717, 1.165) is 18.7 Å². The van der Waals surface area contributed by atoms with Crippen molar-refractivity contribution in [2.75, 3.05) is 50.3 Å². The van der Waals surface area contributed by atoms with E-state index in [1.165, 1.54) is 0 Å². The van der Waals surface area contributed by atoms with Crippen molar-refractivity contribution in [1.29, 1.82) is 0 Å². The van der Waals surface area contributed by atoms with Crippen LogP contribution in [-0.2, 0) is 60.4 Å². The van der Waals surface area contributed by atoms with Gasteiger partial charge in [-0.2, -0.15) is 0 Å². The van der Waals surface area contributed by atoms with Gasteiger partial charge in [0, 0.05) is 13.8 Å². The molecule has 4 aliphatic carbocycles. The Morgan fingerprint density at radius 1 is 0.433 bits per heavy atom. The van der Waals surface area contributed by atoms with Crippen LogP contribution in [0.4, 0.5) is 11.4 Å². The molecule has 320 valence electrons. The van der Waals surface area contributed by atoms with Crippen LogP contribution in [0.1, 0.15) is 108 Å². The second kappa shape index (κ2) is 22.3. The van der Waals surface area contributed by atoms with Crippen molar-refractivity contribution in [1.82, 2.24) is 0 Å². The van der Waals surface area contributed by atoms with Crippen LogP contribution < -0.4 is 10.6 Å². The number of imide groups is 1. The second-order valence-corrected chi connectivity index (χ2v) is 12.6.